The van der Waals surface area contributed by atoms with Crippen LogP contribution in [0.5, 0.6) is 0 Å². The lowest BCUT2D eigenvalue weighted by molar-refractivity contribution is -0.148. The summed E-state index contributed by atoms with van der Waals surface area (Å²) in [6, 6.07) is 18.1. The van der Waals surface area contributed by atoms with Gasteiger partial charge in [-0.1, -0.05) is 64.1 Å². The number of carbonyl (C=O) groups is 2. The highest BCUT2D eigenvalue weighted by Crippen LogP contribution is 2.35. The van der Waals surface area contributed by atoms with Gasteiger partial charge in [0.15, 0.2) is 0 Å². The van der Waals surface area contributed by atoms with Crippen LogP contribution in [0.15, 0.2) is 48.5 Å². The highest BCUT2D eigenvalue weighted by atomic mass is 16.5. The summed E-state index contributed by atoms with van der Waals surface area (Å²) < 4.78 is 10.6. The topological polar surface area (TPSA) is 52.6 Å². The zero-order valence-electron chi connectivity index (χ0n) is 24.6. The van der Waals surface area contributed by atoms with Gasteiger partial charge in [-0.05, 0) is 109 Å². The normalized spacial score (nSPS) is 12.5. The van der Waals surface area contributed by atoms with Crippen LogP contribution in [0.25, 0.3) is 21.5 Å². The second kappa shape index (κ2) is 12.3. The molecule has 0 aliphatic rings. The molecule has 0 N–H and O–H groups in total. The summed E-state index contributed by atoms with van der Waals surface area (Å²) in [4.78, 5) is 23.9. The van der Waals surface area contributed by atoms with Gasteiger partial charge < -0.3 is 9.47 Å². The molecule has 0 saturated heterocycles. The number of esters is 2. The highest BCUT2D eigenvalue weighted by molar-refractivity contribution is 5.98. The van der Waals surface area contributed by atoms with Crippen molar-refractivity contribution in [3.63, 3.8) is 0 Å². The first-order chi connectivity index (χ1) is 17.8. The smallest absolute Gasteiger partial charge is 0.306 e. The molecule has 4 nitrogen and oxygen atoms in total. The fraction of sp³-hybridized carbons (Fsp3) is 0.529. The Labute approximate surface area is 229 Å². The molecule has 0 aliphatic carbocycles. The Morgan fingerprint density at radius 3 is 1.34 bits per heavy atom. The average molecular weight is 519 g/mol. The lowest BCUT2D eigenvalue weighted by atomic mass is 9.78. The van der Waals surface area contributed by atoms with E-state index in [0.29, 0.717) is 12.8 Å². The predicted molar refractivity (Wildman–Crippen MR) is 158 cm³/mol. The first-order valence-corrected chi connectivity index (χ1v) is 14.1. The lowest BCUT2D eigenvalue weighted by Gasteiger charge is -2.26. The molecule has 0 heterocycles. The second-order valence-electron chi connectivity index (χ2n) is 12.5. The van der Waals surface area contributed by atoms with Gasteiger partial charge in [-0.15, -0.1) is 0 Å². The molecule has 0 fully saturated rings. The van der Waals surface area contributed by atoms with Crippen LogP contribution >= 0.6 is 0 Å². The van der Waals surface area contributed by atoms with Gasteiger partial charge >= 0.3 is 11.9 Å². The molecule has 3 aromatic carbocycles. The van der Waals surface area contributed by atoms with Gasteiger partial charge in [-0.25, -0.2) is 0 Å². The van der Waals surface area contributed by atoms with Gasteiger partial charge in [0, 0.05) is 12.8 Å². The van der Waals surface area contributed by atoms with Crippen molar-refractivity contribution >= 4 is 33.5 Å². The van der Waals surface area contributed by atoms with E-state index in [-0.39, 0.29) is 35.0 Å². The summed E-state index contributed by atoms with van der Waals surface area (Å²) in [6.07, 6.45) is 4.24. The molecule has 0 bridgehead atoms. The molecule has 0 spiro atoms. The lowest BCUT2D eigenvalue weighted by Crippen LogP contribution is -2.18. The first kappa shape index (κ1) is 29.7. The van der Waals surface area contributed by atoms with Crippen molar-refractivity contribution in [3.05, 3.63) is 59.7 Å². The Balaban J connectivity index is 1.76. The van der Waals surface area contributed by atoms with Crippen molar-refractivity contribution in [1.29, 1.82) is 0 Å². The number of fused-ring (bicyclic) bond motifs is 2. The van der Waals surface area contributed by atoms with E-state index in [4.69, 9.17) is 9.47 Å². The SMILES string of the molecule is CC(C)OC(=O)CCCC(C)(C)c1ccc2cc3ccc(C(C)(C)CCCC(=O)OC(C)C)cc3cc2c1. The molecule has 0 saturated carbocycles. The molecular formula is C34H46O4. The van der Waals surface area contributed by atoms with Gasteiger partial charge in [0.25, 0.3) is 0 Å². The third kappa shape index (κ3) is 8.06. The fourth-order valence-electron chi connectivity index (χ4n) is 5.12. The molecule has 0 aliphatic heterocycles. The summed E-state index contributed by atoms with van der Waals surface area (Å²) in [7, 11) is 0. The van der Waals surface area contributed by atoms with Crippen LogP contribution in [-0.2, 0) is 29.9 Å². The second-order valence-corrected chi connectivity index (χ2v) is 12.5. The van der Waals surface area contributed by atoms with Crippen molar-refractivity contribution in [3.8, 4) is 0 Å². The molecule has 0 unspecified atom stereocenters. The fourth-order valence-corrected chi connectivity index (χ4v) is 5.12. The van der Waals surface area contributed by atoms with E-state index in [1.54, 1.807) is 0 Å². The van der Waals surface area contributed by atoms with Gasteiger partial charge in [-0.3, -0.25) is 9.59 Å². The number of benzene rings is 3. The van der Waals surface area contributed by atoms with Gasteiger partial charge in [0.1, 0.15) is 0 Å². The first-order valence-electron chi connectivity index (χ1n) is 14.1. The number of rotatable bonds is 12. The molecule has 0 radical (unpaired) electrons. The van der Waals surface area contributed by atoms with Crippen LogP contribution in [0.4, 0.5) is 0 Å². The van der Waals surface area contributed by atoms with E-state index >= 15 is 0 Å². The van der Waals surface area contributed by atoms with Crippen molar-refractivity contribution in [2.75, 3.05) is 0 Å². The Hall–Kier alpha value is -2.88. The third-order valence-corrected chi connectivity index (χ3v) is 7.46. The molecule has 0 amide bonds. The summed E-state index contributed by atoms with van der Waals surface area (Å²) >= 11 is 0. The molecule has 206 valence electrons. The van der Waals surface area contributed by atoms with Gasteiger partial charge in [-0.2, -0.15) is 0 Å². The summed E-state index contributed by atoms with van der Waals surface area (Å²) in [6.45, 7) is 16.5. The summed E-state index contributed by atoms with van der Waals surface area (Å²) in [5.41, 5.74) is 2.49. The molecule has 0 atom stereocenters. The van der Waals surface area contributed by atoms with E-state index in [1.165, 1.54) is 32.7 Å². The minimum absolute atomic E-state index is 0.0399. The average Bonchev–Trinajstić information content (AvgIpc) is 2.80. The van der Waals surface area contributed by atoms with Crippen LogP contribution in [0.3, 0.4) is 0 Å². The standard InChI is InChI=1S/C34H46O4/c1-23(2)37-31(35)11-9-17-33(5,6)29-15-13-25-19-26-14-16-30(22-28(26)20-27(25)21-29)34(7,8)18-10-12-32(36)38-24(3)4/h13-16,19-24H,9-12,17-18H2,1-8H3. The van der Waals surface area contributed by atoms with Gasteiger partial charge in [0.05, 0.1) is 12.2 Å². The molecule has 4 heteroatoms. The van der Waals surface area contributed by atoms with Crippen molar-refractivity contribution in [2.45, 2.75) is 117 Å². The van der Waals surface area contributed by atoms with Crippen LogP contribution in [-0.4, -0.2) is 24.1 Å². The van der Waals surface area contributed by atoms with Crippen LogP contribution in [0.2, 0.25) is 0 Å². The minimum atomic E-state index is -0.116. The number of carbonyl (C=O) groups excluding carboxylic acids is 2. The number of hydrogen-bond acceptors (Lipinski definition) is 4. The predicted octanol–water partition coefficient (Wildman–Crippen LogP) is 8.79. The maximum atomic E-state index is 12.0. The molecule has 3 aromatic rings. The van der Waals surface area contributed by atoms with E-state index < -0.39 is 0 Å². The maximum Gasteiger partial charge on any atom is 0.306 e. The van der Waals surface area contributed by atoms with Gasteiger partial charge in [0.2, 0.25) is 0 Å². The Morgan fingerprint density at radius 1 is 0.605 bits per heavy atom. The van der Waals surface area contributed by atoms with Crippen molar-refractivity contribution in [1.82, 2.24) is 0 Å². The Morgan fingerprint density at radius 2 is 0.974 bits per heavy atom. The van der Waals surface area contributed by atoms with Crippen molar-refractivity contribution in [2.24, 2.45) is 0 Å². The monoisotopic (exact) mass is 518 g/mol. The zero-order valence-corrected chi connectivity index (χ0v) is 24.6. The van der Waals surface area contributed by atoms with Crippen molar-refractivity contribution < 1.29 is 19.1 Å². The Kier molecular flexibility index (Phi) is 9.62. The highest BCUT2D eigenvalue weighted by Gasteiger charge is 2.23. The molecular weight excluding hydrogens is 472 g/mol. The molecule has 38 heavy (non-hydrogen) atoms. The largest absolute Gasteiger partial charge is 0.463 e. The number of hydrogen-bond donors (Lipinski definition) is 0. The summed E-state index contributed by atoms with van der Waals surface area (Å²) in [5.74, 6) is -0.231. The van der Waals surface area contributed by atoms with Crippen LogP contribution in [0, 0.1) is 0 Å². The molecule has 3 rings (SSSR count). The van der Waals surface area contributed by atoms with E-state index in [0.717, 1.165) is 25.7 Å². The zero-order chi connectivity index (χ0) is 28.1. The van der Waals surface area contributed by atoms with Crippen LogP contribution < -0.4 is 0 Å². The van der Waals surface area contributed by atoms with E-state index in [1.807, 2.05) is 27.7 Å². The van der Waals surface area contributed by atoms with E-state index in [2.05, 4.69) is 76.2 Å². The van der Waals surface area contributed by atoms with E-state index in [9.17, 15) is 9.59 Å². The third-order valence-electron chi connectivity index (χ3n) is 7.46. The Bertz CT molecular complexity index is 1170. The number of ether oxygens (including phenoxy) is 2. The van der Waals surface area contributed by atoms with Crippen LogP contribution in [0.1, 0.15) is 105 Å². The minimum Gasteiger partial charge on any atom is -0.463 e. The maximum absolute atomic E-state index is 12.0. The molecule has 0 aromatic heterocycles. The summed E-state index contributed by atoms with van der Waals surface area (Å²) in [5, 5.41) is 4.92. The quantitative estimate of drug-likeness (QED) is 0.178.